The second-order valence-corrected chi connectivity index (χ2v) is 6.25. The molecular weight excluding hydrogens is 340 g/mol. The fourth-order valence-electron chi connectivity index (χ4n) is 3.17. The molecule has 0 saturated heterocycles. The first-order chi connectivity index (χ1) is 13.2. The zero-order valence-electron chi connectivity index (χ0n) is 14.5. The topological polar surface area (TPSA) is 58.6 Å². The normalized spacial score (nSPS) is 15.3. The van der Waals surface area contributed by atoms with E-state index in [0.717, 1.165) is 11.3 Å². The Morgan fingerprint density at radius 2 is 1.52 bits per heavy atom. The third-order valence-corrected chi connectivity index (χ3v) is 4.43. The number of nitrogens with one attached hydrogen (secondary N) is 1. The van der Waals surface area contributed by atoms with E-state index in [9.17, 15) is 9.59 Å². The number of amides is 2. The summed E-state index contributed by atoms with van der Waals surface area (Å²) in [6, 6.07) is 26.1. The lowest BCUT2D eigenvalue weighted by Crippen LogP contribution is -2.30. The molecule has 2 amide bonds. The van der Waals surface area contributed by atoms with Gasteiger partial charge in [-0.15, -0.1) is 0 Å². The number of hydrogen-bond acceptors (Lipinski definition) is 3. The van der Waals surface area contributed by atoms with Gasteiger partial charge in [0.25, 0.3) is 5.91 Å². The minimum absolute atomic E-state index is 0.247. The van der Waals surface area contributed by atoms with Crippen LogP contribution in [0.4, 0.5) is 16.2 Å². The molecule has 0 fully saturated rings. The fraction of sp³-hybridized carbons (Fsp3) is 0.0909. The van der Waals surface area contributed by atoms with Crippen LogP contribution in [-0.2, 0) is 16.1 Å². The van der Waals surface area contributed by atoms with Crippen molar-refractivity contribution >= 4 is 23.4 Å². The van der Waals surface area contributed by atoms with Gasteiger partial charge in [-0.3, -0.25) is 10.1 Å². The Kier molecular flexibility index (Phi) is 4.58. The van der Waals surface area contributed by atoms with Crippen molar-refractivity contribution in [3.63, 3.8) is 0 Å². The molecule has 1 atom stereocenters. The smallest absolute Gasteiger partial charge is 0.412 e. The average molecular weight is 358 g/mol. The zero-order chi connectivity index (χ0) is 18.6. The van der Waals surface area contributed by atoms with Crippen molar-refractivity contribution in [2.24, 2.45) is 0 Å². The third kappa shape index (κ3) is 3.53. The van der Waals surface area contributed by atoms with Crippen LogP contribution in [0.3, 0.4) is 0 Å². The maximum Gasteiger partial charge on any atom is 0.412 e. The van der Waals surface area contributed by atoms with E-state index in [1.165, 1.54) is 0 Å². The van der Waals surface area contributed by atoms with E-state index in [1.54, 1.807) is 17.0 Å². The lowest BCUT2D eigenvalue weighted by molar-refractivity contribution is -0.125. The molecule has 0 aromatic heterocycles. The number of anilines is 2. The highest BCUT2D eigenvalue weighted by atomic mass is 16.6. The molecule has 0 spiro atoms. The van der Waals surface area contributed by atoms with E-state index in [2.05, 4.69) is 5.32 Å². The van der Waals surface area contributed by atoms with Gasteiger partial charge in [0, 0.05) is 11.3 Å². The molecule has 134 valence electrons. The standard InChI is InChI=1S/C22H18N2O3/c25-21-20(27-22(26)23-17-11-5-2-6-12-17)18-13-7-8-14-19(18)24(21)15-16-9-3-1-4-10-16/h1-14,20H,15H2,(H,23,26). The molecule has 3 aromatic rings. The molecule has 1 N–H and O–H groups in total. The minimum Gasteiger partial charge on any atom is -0.431 e. The number of hydrogen-bond donors (Lipinski definition) is 1. The number of benzene rings is 3. The molecule has 0 bridgehead atoms. The molecule has 3 aromatic carbocycles. The molecule has 1 heterocycles. The summed E-state index contributed by atoms with van der Waals surface area (Å²) in [5.41, 5.74) is 3.09. The highest BCUT2D eigenvalue weighted by Gasteiger charge is 2.39. The Labute approximate surface area is 157 Å². The molecule has 5 nitrogen and oxygen atoms in total. The highest BCUT2D eigenvalue weighted by molar-refractivity contribution is 6.05. The first kappa shape index (κ1) is 16.8. The van der Waals surface area contributed by atoms with Crippen LogP contribution >= 0.6 is 0 Å². The minimum atomic E-state index is -0.950. The number of fused-ring (bicyclic) bond motifs is 1. The number of carbonyl (C=O) groups is 2. The van der Waals surface area contributed by atoms with Crippen LogP contribution in [-0.4, -0.2) is 12.0 Å². The maximum absolute atomic E-state index is 13.0. The van der Waals surface area contributed by atoms with Crippen LogP contribution in [0.5, 0.6) is 0 Å². The van der Waals surface area contributed by atoms with Gasteiger partial charge in [-0.05, 0) is 23.8 Å². The predicted octanol–water partition coefficient (Wildman–Crippen LogP) is 4.52. The van der Waals surface area contributed by atoms with Gasteiger partial charge in [-0.25, -0.2) is 4.79 Å². The van der Waals surface area contributed by atoms with Crippen LogP contribution in [0.15, 0.2) is 84.9 Å². The van der Waals surface area contributed by atoms with Crippen molar-refractivity contribution in [1.29, 1.82) is 0 Å². The molecular formula is C22H18N2O3. The van der Waals surface area contributed by atoms with E-state index >= 15 is 0 Å². The molecule has 4 rings (SSSR count). The Balaban J connectivity index is 1.55. The third-order valence-electron chi connectivity index (χ3n) is 4.43. The van der Waals surface area contributed by atoms with Crippen molar-refractivity contribution in [3.8, 4) is 0 Å². The van der Waals surface area contributed by atoms with Crippen molar-refractivity contribution in [1.82, 2.24) is 0 Å². The summed E-state index contributed by atoms with van der Waals surface area (Å²) in [7, 11) is 0. The largest absolute Gasteiger partial charge is 0.431 e. The molecule has 5 heteroatoms. The van der Waals surface area contributed by atoms with E-state index in [1.807, 2.05) is 72.8 Å². The molecule has 1 aliphatic heterocycles. The van der Waals surface area contributed by atoms with Crippen LogP contribution < -0.4 is 10.2 Å². The Bertz CT molecular complexity index is 958. The predicted molar refractivity (Wildman–Crippen MR) is 103 cm³/mol. The monoisotopic (exact) mass is 358 g/mol. The van der Waals surface area contributed by atoms with Crippen LogP contribution in [0.2, 0.25) is 0 Å². The maximum atomic E-state index is 13.0. The number of para-hydroxylation sites is 2. The summed E-state index contributed by atoms with van der Waals surface area (Å²) in [6.07, 6.45) is -1.61. The number of carbonyl (C=O) groups excluding carboxylic acids is 2. The van der Waals surface area contributed by atoms with Gasteiger partial charge in [0.2, 0.25) is 6.10 Å². The summed E-state index contributed by atoms with van der Waals surface area (Å²) in [5.74, 6) is -0.247. The molecule has 27 heavy (non-hydrogen) atoms. The van der Waals surface area contributed by atoms with Gasteiger partial charge < -0.3 is 9.64 Å². The Hall–Kier alpha value is -3.60. The molecule has 1 unspecified atom stereocenters. The lowest BCUT2D eigenvalue weighted by atomic mass is 10.1. The summed E-state index contributed by atoms with van der Waals surface area (Å²) in [4.78, 5) is 26.9. The lowest BCUT2D eigenvalue weighted by Gasteiger charge is -2.18. The second-order valence-electron chi connectivity index (χ2n) is 6.25. The number of rotatable bonds is 4. The van der Waals surface area contributed by atoms with Crippen molar-refractivity contribution in [2.75, 3.05) is 10.2 Å². The van der Waals surface area contributed by atoms with Crippen LogP contribution in [0, 0.1) is 0 Å². The van der Waals surface area contributed by atoms with E-state index < -0.39 is 12.2 Å². The summed E-state index contributed by atoms with van der Waals surface area (Å²) >= 11 is 0. The van der Waals surface area contributed by atoms with Gasteiger partial charge in [-0.1, -0.05) is 66.7 Å². The second kappa shape index (κ2) is 7.33. The Morgan fingerprint density at radius 3 is 2.26 bits per heavy atom. The van der Waals surface area contributed by atoms with Gasteiger partial charge in [0.15, 0.2) is 0 Å². The van der Waals surface area contributed by atoms with E-state index in [-0.39, 0.29) is 5.91 Å². The molecule has 0 radical (unpaired) electrons. The van der Waals surface area contributed by atoms with E-state index in [4.69, 9.17) is 4.74 Å². The molecule has 0 aliphatic carbocycles. The van der Waals surface area contributed by atoms with Crippen LogP contribution in [0.1, 0.15) is 17.2 Å². The fourth-order valence-corrected chi connectivity index (χ4v) is 3.17. The van der Waals surface area contributed by atoms with Gasteiger partial charge in [0.1, 0.15) is 0 Å². The quantitative estimate of drug-likeness (QED) is 0.746. The van der Waals surface area contributed by atoms with Gasteiger partial charge in [0.05, 0.1) is 12.2 Å². The Morgan fingerprint density at radius 1 is 0.889 bits per heavy atom. The van der Waals surface area contributed by atoms with E-state index in [0.29, 0.717) is 17.8 Å². The number of nitrogens with zero attached hydrogens (tertiary/aromatic N) is 1. The SMILES string of the molecule is O=C(Nc1ccccc1)OC1C(=O)N(Cc2ccccc2)c2ccccc21. The highest BCUT2D eigenvalue weighted by Crippen LogP contribution is 2.38. The first-order valence-electron chi connectivity index (χ1n) is 8.69. The average Bonchev–Trinajstić information content (AvgIpc) is 2.95. The van der Waals surface area contributed by atoms with Gasteiger partial charge >= 0.3 is 6.09 Å². The van der Waals surface area contributed by atoms with Crippen molar-refractivity contribution in [2.45, 2.75) is 12.6 Å². The molecule has 0 saturated carbocycles. The summed E-state index contributed by atoms with van der Waals surface area (Å²) in [5, 5.41) is 2.65. The van der Waals surface area contributed by atoms with Crippen molar-refractivity contribution < 1.29 is 14.3 Å². The molecule has 1 aliphatic rings. The zero-order valence-corrected chi connectivity index (χ0v) is 14.5. The summed E-state index contributed by atoms with van der Waals surface area (Å²) < 4.78 is 5.48. The summed E-state index contributed by atoms with van der Waals surface area (Å²) in [6.45, 7) is 0.427. The first-order valence-corrected chi connectivity index (χ1v) is 8.69. The van der Waals surface area contributed by atoms with Gasteiger partial charge in [-0.2, -0.15) is 0 Å². The van der Waals surface area contributed by atoms with Crippen LogP contribution in [0.25, 0.3) is 0 Å². The van der Waals surface area contributed by atoms with Crippen molar-refractivity contribution in [3.05, 3.63) is 96.1 Å². The number of ether oxygens (including phenoxy) is 1.